The van der Waals surface area contributed by atoms with Crippen molar-refractivity contribution in [2.24, 2.45) is 0 Å². The summed E-state index contributed by atoms with van der Waals surface area (Å²) >= 11 is 1.44. The van der Waals surface area contributed by atoms with E-state index in [1.807, 2.05) is 13.8 Å². The monoisotopic (exact) mass is 240 g/mol. The molecule has 86 valence electrons. The van der Waals surface area contributed by atoms with E-state index in [2.05, 4.69) is 10.3 Å². The molecule has 1 N–H and O–H groups in total. The number of thiazole rings is 1. The minimum absolute atomic E-state index is 0.191. The lowest BCUT2D eigenvalue weighted by atomic mass is 10.4. The maximum absolute atomic E-state index is 11.7. The Bertz CT molecular complexity index is 420. The minimum atomic E-state index is -0.326. The number of anilines is 1. The van der Waals surface area contributed by atoms with Crippen LogP contribution in [0, 0.1) is 13.8 Å². The molecule has 6 heteroatoms. The van der Waals surface area contributed by atoms with Gasteiger partial charge in [0.05, 0.1) is 5.69 Å². The number of carbonyl (C=O) groups is 1. The Hall–Kier alpha value is -1.56. The number of amides is 1. The van der Waals surface area contributed by atoms with Crippen LogP contribution >= 0.6 is 11.3 Å². The molecule has 2 rings (SSSR count). The zero-order valence-electron chi connectivity index (χ0n) is 9.07. The minimum Gasteiger partial charge on any atom is -0.494 e. The molecule has 5 nitrogen and oxygen atoms in total. The van der Waals surface area contributed by atoms with Crippen LogP contribution in [0.2, 0.25) is 0 Å². The first-order chi connectivity index (χ1) is 7.66. The van der Waals surface area contributed by atoms with Gasteiger partial charge >= 0.3 is 0 Å². The fourth-order valence-corrected chi connectivity index (χ4v) is 1.98. The van der Waals surface area contributed by atoms with Gasteiger partial charge in [0.15, 0.2) is 5.13 Å². The molecule has 1 aliphatic heterocycles. The molecular formula is C10H12N2O3S. The van der Waals surface area contributed by atoms with Gasteiger partial charge in [0, 0.05) is 4.88 Å². The van der Waals surface area contributed by atoms with Crippen molar-refractivity contribution in [1.82, 2.24) is 4.98 Å². The second-order valence-electron chi connectivity index (χ2n) is 3.32. The number of hydrogen-bond donors (Lipinski definition) is 1. The lowest BCUT2D eigenvalue weighted by molar-refractivity contribution is -0.117. The standard InChI is InChI=1S/C10H12N2O3S/c1-6-7(2)16-10(11-6)12-9(13)8-5-14-3-4-15-8/h5H,3-4H2,1-2H3,(H,11,12,13). The molecule has 1 aromatic heterocycles. The molecule has 2 heterocycles. The van der Waals surface area contributed by atoms with E-state index in [4.69, 9.17) is 9.47 Å². The van der Waals surface area contributed by atoms with Gasteiger partial charge in [0.1, 0.15) is 19.5 Å². The summed E-state index contributed by atoms with van der Waals surface area (Å²) < 4.78 is 10.2. The van der Waals surface area contributed by atoms with Gasteiger partial charge in [-0.05, 0) is 13.8 Å². The molecule has 16 heavy (non-hydrogen) atoms. The van der Waals surface area contributed by atoms with Gasteiger partial charge in [-0.1, -0.05) is 0 Å². The zero-order chi connectivity index (χ0) is 11.5. The Labute approximate surface area is 97.1 Å². The summed E-state index contributed by atoms with van der Waals surface area (Å²) in [4.78, 5) is 17.0. The van der Waals surface area contributed by atoms with Crippen LogP contribution in [-0.2, 0) is 14.3 Å². The fourth-order valence-electron chi connectivity index (χ4n) is 1.17. The molecule has 0 aromatic carbocycles. The predicted octanol–water partition coefficient (Wildman–Crippen LogP) is 1.59. The van der Waals surface area contributed by atoms with Crippen molar-refractivity contribution in [1.29, 1.82) is 0 Å². The first-order valence-electron chi connectivity index (χ1n) is 4.87. The van der Waals surface area contributed by atoms with Crippen molar-refractivity contribution in [2.75, 3.05) is 18.5 Å². The molecule has 0 saturated heterocycles. The first kappa shape index (κ1) is 10.9. The zero-order valence-corrected chi connectivity index (χ0v) is 9.89. The van der Waals surface area contributed by atoms with Crippen LogP contribution in [0.15, 0.2) is 12.0 Å². The SMILES string of the molecule is Cc1nc(NC(=O)C2=COCCO2)sc1C. The van der Waals surface area contributed by atoms with Crippen LogP contribution in [0.5, 0.6) is 0 Å². The van der Waals surface area contributed by atoms with Crippen LogP contribution in [0.1, 0.15) is 10.6 Å². The molecule has 0 radical (unpaired) electrons. The van der Waals surface area contributed by atoms with Crippen molar-refractivity contribution >= 4 is 22.4 Å². The van der Waals surface area contributed by atoms with Gasteiger partial charge in [0.2, 0.25) is 5.76 Å². The predicted molar refractivity (Wildman–Crippen MR) is 60.2 cm³/mol. The summed E-state index contributed by atoms with van der Waals surface area (Å²) in [5.41, 5.74) is 0.926. The van der Waals surface area contributed by atoms with Crippen molar-refractivity contribution < 1.29 is 14.3 Å². The number of carbonyl (C=O) groups excluding carboxylic acids is 1. The highest BCUT2D eigenvalue weighted by atomic mass is 32.1. The fraction of sp³-hybridized carbons (Fsp3) is 0.400. The average Bonchev–Trinajstić information content (AvgIpc) is 2.59. The van der Waals surface area contributed by atoms with Gasteiger partial charge in [-0.25, -0.2) is 4.98 Å². The van der Waals surface area contributed by atoms with Gasteiger partial charge in [-0.3, -0.25) is 10.1 Å². The summed E-state index contributed by atoms with van der Waals surface area (Å²) in [5.74, 6) is -0.134. The highest BCUT2D eigenvalue weighted by Gasteiger charge is 2.16. The van der Waals surface area contributed by atoms with Crippen molar-refractivity contribution in [2.45, 2.75) is 13.8 Å². The average molecular weight is 240 g/mol. The van der Waals surface area contributed by atoms with Crippen molar-refractivity contribution in [3.63, 3.8) is 0 Å². The smallest absolute Gasteiger partial charge is 0.295 e. The van der Waals surface area contributed by atoms with E-state index >= 15 is 0 Å². The van der Waals surface area contributed by atoms with Gasteiger partial charge in [0.25, 0.3) is 5.91 Å². The van der Waals surface area contributed by atoms with Crippen LogP contribution in [0.4, 0.5) is 5.13 Å². The number of aromatic nitrogens is 1. The summed E-state index contributed by atoms with van der Waals surface area (Å²) in [7, 11) is 0. The number of aryl methyl sites for hydroxylation is 2. The second kappa shape index (κ2) is 4.52. The number of ether oxygens (including phenoxy) is 2. The quantitative estimate of drug-likeness (QED) is 0.852. The first-order valence-corrected chi connectivity index (χ1v) is 5.68. The van der Waals surface area contributed by atoms with Gasteiger partial charge in [-0.15, -0.1) is 11.3 Å². The molecule has 0 bridgehead atoms. The summed E-state index contributed by atoms with van der Waals surface area (Å²) in [6.45, 7) is 4.74. The summed E-state index contributed by atoms with van der Waals surface area (Å²) in [5, 5.41) is 3.25. The Morgan fingerprint density at radius 1 is 1.50 bits per heavy atom. The third-order valence-electron chi connectivity index (χ3n) is 2.12. The molecule has 0 fully saturated rings. The molecule has 0 spiro atoms. The Balaban J connectivity index is 2.04. The molecule has 1 aromatic rings. The lowest BCUT2D eigenvalue weighted by Crippen LogP contribution is -2.21. The number of rotatable bonds is 2. The lowest BCUT2D eigenvalue weighted by Gasteiger charge is -2.14. The summed E-state index contributed by atoms with van der Waals surface area (Å²) in [6, 6.07) is 0. The molecule has 1 amide bonds. The molecular weight excluding hydrogens is 228 g/mol. The van der Waals surface area contributed by atoms with E-state index < -0.39 is 0 Å². The highest BCUT2D eigenvalue weighted by molar-refractivity contribution is 7.15. The molecule has 0 atom stereocenters. The third kappa shape index (κ3) is 2.33. The largest absolute Gasteiger partial charge is 0.494 e. The van der Waals surface area contributed by atoms with Gasteiger partial charge in [-0.2, -0.15) is 0 Å². The van der Waals surface area contributed by atoms with Crippen LogP contribution < -0.4 is 5.32 Å². The topological polar surface area (TPSA) is 60.5 Å². The molecule has 0 saturated carbocycles. The van der Waals surface area contributed by atoms with E-state index in [1.165, 1.54) is 17.6 Å². The van der Waals surface area contributed by atoms with E-state index in [-0.39, 0.29) is 11.7 Å². The maximum Gasteiger partial charge on any atom is 0.295 e. The second-order valence-corrected chi connectivity index (χ2v) is 4.52. The maximum atomic E-state index is 11.7. The van der Waals surface area contributed by atoms with Gasteiger partial charge < -0.3 is 9.47 Å². The van der Waals surface area contributed by atoms with E-state index in [1.54, 1.807) is 0 Å². The molecule has 0 unspecified atom stereocenters. The Kier molecular flexibility index (Phi) is 3.09. The highest BCUT2D eigenvalue weighted by Crippen LogP contribution is 2.21. The Morgan fingerprint density at radius 2 is 2.31 bits per heavy atom. The molecule has 1 aliphatic rings. The van der Waals surface area contributed by atoms with Crippen molar-refractivity contribution in [3.8, 4) is 0 Å². The third-order valence-corrected chi connectivity index (χ3v) is 3.11. The number of nitrogens with zero attached hydrogens (tertiary/aromatic N) is 1. The normalized spacial score (nSPS) is 14.8. The van der Waals surface area contributed by atoms with E-state index in [0.29, 0.717) is 18.3 Å². The number of nitrogens with one attached hydrogen (secondary N) is 1. The molecule has 0 aliphatic carbocycles. The summed E-state index contributed by atoms with van der Waals surface area (Å²) in [6.07, 6.45) is 1.33. The van der Waals surface area contributed by atoms with E-state index in [0.717, 1.165) is 10.6 Å². The van der Waals surface area contributed by atoms with Crippen LogP contribution in [0.3, 0.4) is 0 Å². The van der Waals surface area contributed by atoms with Crippen LogP contribution in [0.25, 0.3) is 0 Å². The van der Waals surface area contributed by atoms with Crippen LogP contribution in [-0.4, -0.2) is 24.1 Å². The number of hydrogen-bond acceptors (Lipinski definition) is 5. The van der Waals surface area contributed by atoms with Crippen molar-refractivity contribution in [3.05, 3.63) is 22.6 Å². The van der Waals surface area contributed by atoms with E-state index in [9.17, 15) is 4.79 Å². The Morgan fingerprint density at radius 3 is 2.88 bits per heavy atom.